The molecule has 0 unspecified atom stereocenters. The molecule has 1 aromatic rings. The Balaban J connectivity index is 0.00000180. The number of halogens is 1. The zero-order valence-electron chi connectivity index (χ0n) is 11.5. The van der Waals surface area contributed by atoms with Crippen LogP contribution in [0.5, 0.6) is 5.75 Å². The first kappa shape index (κ1) is 15.8. The lowest BCUT2D eigenvalue weighted by Crippen LogP contribution is -2.50. The summed E-state index contributed by atoms with van der Waals surface area (Å²) in [4.78, 5) is 11.8. The van der Waals surface area contributed by atoms with Gasteiger partial charge in [-0.25, -0.2) is 0 Å². The fourth-order valence-corrected chi connectivity index (χ4v) is 1.47. The van der Waals surface area contributed by atoms with Crippen LogP contribution in [-0.4, -0.2) is 25.1 Å². The molecule has 2 rings (SSSR count). The van der Waals surface area contributed by atoms with Crippen LogP contribution in [0.4, 0.5) is 5.69 Å². The highest BCUT2D eigenvalue weighted by molar-refractivity contribution is 5.94. The van der Waals surface area contributed by atoms with E-state index in [4.69, 9.17) is 4.74 Å². The highest BCUT2D eigenvalue weighted by atomic mass is 35.5. The average molecular weight is 285 g/mol. The molecule has 1 aromatic carbocycles. The standard InChI is InChI=1S/C14H20N2O2.ClH/c1-14(2,3)13(17)16-10-4-6-11(7-5-10)18-12-8-15-9-12;/h4-7,12,15H,8-9H2,1-3H3,(H,16,17);1H. The Labute approximate surface area is 120 Å². The molecule has 2 N–H and O–H groups in total. The fraction of sp³-hybridized carbons (Fsp3) is 0.500. The van der Waals surface area contributed by atoms with Crippen molar-refractivity contribution in [1.29, 1.82) is 0 Å². The molecule has 19 heavy (non-hydrogen) atoms. The minimum Gasteiger partial charge on any atom is -0.488 e. The van der Waals surface area contributed by atoms with E-state index < -0.39 is 0 Å². The number of rotatable bonds is 3. The number of carbonyl (C=O) groups excluding carboxylic acids is 1. The Morgan fingerprint density at radius 2 is 1.84 bits per heavy atom. The van der Waals surface area contributed by atoms with Crippen LogP contribution in [0.2, 0.25) is 0 Å². The van der Waals surface area contributed by atoms with Crippen molar-refractivity contribution in [2.75, 3.05) is 18.4 Å². The Morgan fingerprint density at radius 3 is 2.26 bits per heavy atom. The minimum absolute atomic E-state index is 0. The van der Waals surface area contributed by atoms with Gasteiger partial charge in [-0.05, 0) is 24.3 Å². The van der Waals surface area contributed by atoms with Gasteiger partial charge in [0.15, 0.2) is 0 Å². The van der Waals surface area contributed by atoms with Crippen LogP contribution in [0, 0.1) is 5.41 Å². The molecule has 1 amide bonds. The van der Waals surface area contributed by atoms with E-state index in [9.17, 15) is 4.79 Å². The summed E-state index contributed by atoms with van der Waals surface area (Å²) >= 11 is 0. The quantitative estimate of drug-likeness (QED) is 0.896. The lowest BCUT2D eigenvalue weighted by Gasteiger charge is -2.27. The molecule has 0 radical (unpaired) electrons. The van der Waals surface area contributed by atoms with Crippen LogP contribution in [-0.2, 0) is 4.79 Å². The van der Waals surface area contributed by atoms with Gasteiger partial charge in [0.1, 0.15) is 11.9 Å². The van der Waals surface area contributed by atoms with Gasteiger partial charge in [0.25, 0.3) is 0 Å². The number of benzene rings is 1. The number of carbonyl (C=O) groups is 1. The normalized spacial score (nSPS) is 15.1. The Kier molecular flexibility index (Phi) is 5.20. The summed E-state index contributed by atoms with van der Waals surface area (Å²) in [6.45, 7) is 7.49. The Bertz CT molecular complexity index is 422. The van der Waals surface area contributed by atoms with Crippen LogP contribution in [0.15, 0.2) is 24.3 Å². The van der Waals surface area contributed by atoms with Crippen molar-refractivity contribution in [3.05, 3.63) is 24.3 Å². The summed E-state index contributed by atoms with van der Waals surface area (Å²) in [7, 11) is 0. The number of hydrogen-bond acceptors (Lipinski definition) is 3. The SMILES string of the molecule is CC(C)(C)C(=O)Nc1ccc(OC2CNC2)cc1.Cl. The molecule has 1 saturated heterocycles. The van der Waals surface area contributed by atoms with Crippen molar-refractivity contribution in [2.24, 2.45) is 5.41 Å². The smallest absolute Gasteiger partial charge is 0.229 e. The van der Waals surface area contributed by atoms with Gasteiger partial charge in [-0.3, -0.25) is 4.79 Å². The first-order valence-corrected chi connectivity index (χ1v) is 6.24. The number of amides is 1. The molecule has 0 aromatic heterocycles. The molecule has 0 atom stereocenters. The Hall–Kier alpha value is -1.26. The topological polar surface area (TPSA) is 50.4 Å². The van der Waals surface area contributed by atoms with Gasteiger partial charge in [-0.15, -0.1) is 12.4 Å². The molecule has 1 fully saturated rings. The molecule has 0 bridgehead atoms. The van der Waals surface area contributed by atoms with Crippen molar-refractivity contribution in [3.8, 4) is 5.75 Å². The van der Waals surface area contributed by atoms with Gasteiger partial charge in [-0.2, -0.15) is 0 Å². The molecular formula is C14H21ClN2O2. The van der Waals surface area contributed by atoms with Gasteiger partial charge in [0, 0.05) is 24.2 Å². The minimum atomic E-state index is -0.382. The van der Waals surface area contributed by atoms with Gasteiger partial charge in [0.2, 0.25) is 5.91 Å². The van der Waals surface area contributed by atoms with Gasteiger partial charge < -0.3 is 15.4 Å². The first-order chi connectivity index (χ1) is 8.45. The maximum Gasteiger partial charge on any atom is 0.229 e. The molecular weight excluding hydrogens is 264 g/mol. The molecule has 0 aliphatic carbocycles. The molecule has 0 spiro atoms. The van der Waals surface area contributed by atoms with Crippen LogP contribution >= 0.6 is 12.4 Å². The molecule has 106 valence electrons. The highest BCUT2D eigenvalue weighted by Gasteiger charge is 2.21. The second-order valence-electron chi connectivity index (χ2n) is 5.63. The summed E-state index contributed by atoms with van der Waals surface area (Å²) in [5, 5.41) is 6.04. The van der Waals surface area contributed by atoms with Crippen molar-refractivity contribution >= 4 is 24.0 Å². The first-order valence-electron chi connectivity index (χ1n) is 6.24. The third-order valence-corrected chi connectivity index (χ3v) is 2.84. The largest absolute Gasteiger partial charge is 0.488 e. The lowest BCUT2D eigenvalue weighted by atomic mass is 9.95. The van der Waals surface area contributed by atoms with E-state index in [1.165, 1.54) is 0 Å². The van der Waals surface area contributed by atoms with Gasteiger partial charge in [0.05, 0.1) is 0 Å². The summed E-state index contributed by atoms with van der Waals surface area (Å²) in [6, 6.07) is 7.50. The molecule has 4 nitrogen and oxygen atoms in total. The van der Waals surface area contributed by atoms with Crippen molar-refractivity contribution in [3.63, 3.8) is 0 Å². The molecule has 1 heterocycles. The maximum absolute atomic E-state index is 11.8. The van der Waals surface area contributed by atoms with Gasteiger partial charge >= 0.3 is 0 Å². The van der Waals surface area contributed by atoms with E-state index in [1.54, 1.807) is 0 Å². The highest BCUT2D eigenvalue weighted by Crippen LogP contribution is 2.20. The number of nitrogens with one attached hydrogen (secondary N) is 2. The molecule has 5 heteroatoms. The summed E-state index contributed by atoms with van der Waals surface area (Å²) < 4.78 is 5.70. The predicted molar refractivity (Wildman–Crippen MR) is 79.1 cm³/mol. The van der Waals surface area contributed by atoms with E-state index in [0.29, 0.717) is 0 Å². The van der Waals surface area contributed by atoms with Crippen LogP contribution in [0.1, 0.15) is 20.8 Å². The monoisotopic (exact) mass is 284 g/mol. The number of anilines is 1. The van der Waals surface area contributed by atoms with E-state index >= 15 is 0 Å². The summed E-state index contributed by atoms with van der Waals surface area (Å²) in [5.41, 5.74) is 0.418. The third-order valence-electron chi connectivity index (χ3n) is 2.84. The van der Waals surface area contributed by atoms with E-state index in [0.717, 1.165) is 24.5 Å². The average Bonchev–Trinajstić information content (AvgIpc) is 2.24. The molecule has 0 saturated carbocycles. The molecule has 1 aliphatic heterocycles. The fourth-order valence-electron chi connectivity index (χ4n) is 1.47. The lowest BCUT2D eigenvalue weighted by molar-refractivity contribution is -0.123. The van der Waals surface area contributed by atoms with Crippen LogP contribution in [0.25, 0.3) is 0 Å². The van der Waals surface area contributed by atoms with Gasteiger partial charge in [-0.1, -0.05) is 20.8 Å². The third kappa shape index (κ3) is 4.40. The van der Waals surface area contributed by atoms with E-state index in [1.807, 2.05) is 45.0 Å². The van der Waals surface area contributed by atoms with E-state index in [-0.39, 0.29) is 29.8 Å². The van der Waals surface area contributed by atoms with Crippen molar-refractivity contribution < 1.29 is 9.53 Å². The second kappa shape index (κ2) is 6.26. The van der Waals surface area contributed by atoms with Crippen LogP contribution < -0.4 is 15.4 Å². The zero-order valence-corrected chi connectivity index (χ0v) is 12.3. The number of hydrogen-bond donors (Lipinski definition) is 2. The Morgan fingerprint density at radius 1 is 1.26 bits per heavy atom. The maximum atomic E-state index is 11.8. The number of ether oxygens (including phenoxy) is 1. The van der Waals surface area contributed by atoms with E-state index in [2.05, 4.69) is 10.6 Å². The summed E-state index contributed by atoms with van der Waals surface area (Å²) in [5.74, 6) is 0.856. The predicted octanol–water partition coefficient (Wildman–Crippen LogP) is 2.44. The van der Waals surface area contributed by atoms with Crippen molar-refractivity contribution in [2.45, 2.75) is 26.9 Å². The zero-order chi connectivity index (χ0) is 13.2. The summed E-state index contributed by atoms with van der Waals surface area (Å²) in [6.07, 6.45) is 0.278. The van der Waals surface area contributed by atoms with Crippen LogP contribution in [0.3, 0.4) is 0 Å². The second-order valence-corrected chi connectivity index (χ2v) is 5.63. The van der Waals surface area contributed by atoms with Crippen molar-refractivity contribution in [1.82, 2.24) is 5.32 Å². The molecule has 1 aliphatic rings.